The molecule has 0 saturated carbocycles. The van der Waals surface area contributed by atoms with Crippen LogP contribution in [-0.2, 0) is 0 Å². The highest BCUT2D eigenvalue weighted by molar-refractivity contribution is 7.86. The predicted octanol–water partition coefficient (Wildman–Crippen LogP) is 3.17. The van der Waals surface area contributed by atoms with E-state index < -0.39 is 5.97 Å². The molecular weight excluding hydrogens is 278 g/mol. The van der Waals surface area contributed by atoms with E-state index >= 15 is 0 Å². The Balaban J connectivity index is 2.22. The Morgan fingerprint density at radius 2 is 1.89 bits per heavy atom. The second kappa shape index (κ2) is 5.95. The zero-order valence-electron chi connectivity index (χ0n) is 9.85. The lowest BCUT2D eigenvalue weighted by Crippen LogP contribution is -2.08. The van der Waals surface area contributed by atoms with E-state index in [1.54, 1.807) is 30.5 Å². The number of pyridine rings is 1. The molecule has 0 aliphatic heterocycles. The van der Waals surface area contributed by atoms with Gasteiger partial charge in [-0.3, -0.25) is 4.98 Å². The largest absolute Gasteiger partial charge is 0.478 e. The van der Waals surface area contributed by atoms with Crippen LogP contribution in [0.15, 0.2) is 48.7 Å². The number of aromatic carboxylic acids is 1. The van der Waals surface area contributed by atoms with Gasteiger partial charge in [-0.15, -0.1) is 0 Å². The highest BCUT2D eigenvalue weighted by Gasteiger charge is 2.15. The topological polar surface area (TPSA) is 50.2 Å². The Kier molecular flexibility index (Phi) is 4.29. The Morgan fingerprint density at radius 1 is 1.21 bits per heavy atom. The number of nitrogens with zero attached hydrogens (tertiary/aromatic N) is 1. The van der Waals surface area contributed by atoms with Crippen LogP contribution in [0.1, 0.15) is 26.9 Å². The summed E-state index contributed by atoms with van der Waals surface area (Å²) in [4.78, 5) is 15.6. The van der Waals surface area contributed by atoms with Crippen molar-refractivity contribution in [1.82, 2.24) is 4.98 Å². The second-order valence-corrected chi connectivity index (χ2v) is 4.87. The Bertz CT molecular complexity index is 597. The summed E-state index contributed by atoms with van der Waals surface area (Å²) in [5.41, 5.74) is 1.80. The van der Waals surface area contributed by atoms with Crippen LogP contribution in [0.3, 0.4) is 0 Å². The maximum atomic E-state index is 10.8. The molecule has 1 atom stereocenters. The maximum Gasteiger partial charge on any atom is 0.335 e. The molecule has 1 unspecified atom stereocenters. The molecule has 2 rings (SSSR count). The fraction of sp³-hybridized carbons (Fsp3) is 0.0714. The summed E-state index contributed by atoms with van der Waals surface area (Å²) in [6, 6.07) is 12.0. The molecule has 1 N–H and O–H groups in total. The van der Waals surface area contributed by atoms with Gasteiger partial charge in [0.15, 0.2) is 0 Å². The van der Waals surface area contributed by atoms with Crippen LogP contribution in [0, 0.1) is 0 Å². The summed E-state index contributed by atoms with van der Waals surface area (Å²) in [5.74, 6) is -0.949. The summed E-state index contributed by atoms with van der Waals surface area (Å²) in [5, 5.41) is 8.56. The fourth-order valence-corrected chi connectivity index (χ4v) is 2.17. The van der Waals surface area contributed by atoms with Gasteiger partial charge in [-0.2, -0.15) is 12.6 Å². The monoisotopic (exact) mass is 289 g/mol. The van der Waals surface area contributed by atoms with Crippen LogP contribution in [-0.4, -0.2) is 20.9 Å². The van der Waals surface area contributed by atoms with Crippen LogP contribution in [0.4, 0.5) is 0 Å². The number of rotatable bonds is 4. The van der Waals surface area contributed by atoms with Crippen molar-refractivity contribution >= 4 is 35.7 Å². The van der Waals surface area contributed by atoms with Crippen LogP contribution >= 0.6 is 24.8 Å². The van der Waals surface area contributed by atoms with Gasteiger partial charge in [0, 0.05) is 6.20 Å². The Hall–Kier alpha value is -1.72. The predicted molar refractivity (Wildman–Crippen MR) is 81.1 cm³/mol. The SMILES string of the molecule is O=C(O)c1ccc(C(S)C(=S)c2ccccn2)cc1. The number of carboxylic acids is 1. The number of benzene rings is 1. The van der Waals surface area contributed by atoms with E-state index in [1.807, 2.05) is 18.2 Å². The summed E-state index contributed by atoms with van der Waals surface area (Å²) >= 11 is 9.84. The molecule has 1 aromatic heterocycles. The maximum absolute atomic E-state index is 10.8. The third-order valence-electron chi connectivity index (χ3n) is 2.64. The lowest BCUT2D eigenvalue weighted by atomic mass is 10.0. The van der Waals surface area contributed by atoms with Gasteiger partial charge in [0.25, 0.3) is 0 Å². The molecule has 1 aromatic carbocycles. The summed E-state index contributed by atoms with van der Waals surface area (Å²) < 4.78 is 0. The van der Waals surface area contributed by atoms with E-state index in [0.29, 0.717) is 10.6 Å². The zero-order valence-corrected chi connectivity index (χ0v) is 11.6. The molecule has 5 heteroatoms. The average Bonchev–Trinajstić information content (AvgIpc) is 2.46. The normalized spacial score (nSPS) is 11.8. The van der Waals surface area contributed by atoms with Crippen molar-refractivity contribution in [1.29, 1.82) is 0 Å². The summed E-state index contributed by atoms with van der Waals surface area (Å²) in [6.45, 7) is 0. The number of thiocarbonyl (C=S) groups is 1. The first-order chi connectivity index (χ1) is 9.09. The molecule has 0 fully saturated rings. The quantitative estimate of drug-likeness (QED) is 0.516. The van der Waals surface area contributed by atoms with Crippen LogP contribution < -0.4 is 0 Å². The molecule has 2 aromatic rings. The first kappa shape index (κ1) is 13.7. The molecular formula is C14H11NO2S2. The molecule has 3 nitrogen and oxygen atoms in total. The number of carboxylic acid groups (broad SMARTS) is 1. The first-order valence-corrected chi connectivity index (χ1v) is 6.48. The molecule has 0 aliphatic carbocycles. The number of hydrogen-bond donors (Lipinski definition) is 2. The van der Waals surface area contributed by atoms with E-state index in [4.69, 9.17) is 17.3 Å². The average molecular weight is 289 g/mol. The Labute approximate surface area is 121 Å². The van der Waals surface area contributed by atoms with Gasteiger partial charge in [-0.05, 0) is 29.8 Å². The van der Waals surface area contributed by atoms with Crippen LogP contribution in [0.25, 0.3) is 0 Å². The molecule has 0 bridgehead atoms. The molecule has 0 amide bonds. The van der Waals surface area contributed by atoms with Gasteiger partial charge in [-0.1, -0.05) is 30.4 Å². The van der Waals surface area contributed by atoms with Crippen molar-refractivity contribution in [3.05, 3.63) is 65.5 Å². The molecule has 0 spiro atoms. The second-order valence-electron chi connectivity index (χ2n) is 3.91. The number of thiol groups is 1. The van der Waals surface area contributed by atoms with E-state index in [1.165, 1.54) is 0 Å². The summed E-state index contributed by atoms with van der Waals surface area (Å²) in [7, 11) is 0. The van der Waals surface area contributed by atoms with Gasteiger partial charge >= 0.3 is 5.97 Å². The van der Waals surface area contributed by atoms with Crippen molar-refractivity contribution in [2.45, 2.75) is 5.25 Å². The summed E-state index contributed by atoms with van der Waals surface area (Å²) in [6.07, 6.45) is 1.68. The minimum Gasteiger partial charge on any atom is -0.478 e. The number of carbonyl (C=O) groups is 1. The van der Waals surface area contributed by atoms with Crippen molar-refractivity contribution in [3.8, 4) is 0 Å². The van der Waals surface area contributed by atoms with Crippen molar-refractivity contribution in [3.63, 3.8) is 0 Å². The van der Waals surface area contributed by atoms with Gasteiger partial charge in [0.2, 0.25) is 0 Å². The van der Waals surface area contributed by atoms with Gasteiger partial charge in [-0.25, -0.2) is 4.79 Å². The van der Waals surface area contributed by atoms with Crippen LogP contribution in [0.5, 0.6) is 0 Å². The zero-order chi connectivity index (χ0) is 13.8. The molecule has 0 saturated heterocycles. The fourth-order valence-electron chi connectivity index (χ4n) is 1.61. The van der Waals surface area contributed by atoms with E-state index in [0.717, 1.165) is 5.56 Å². The molecule has 1 heterocycles. The lowest BCUT2D eigenvalue weighted by Gasteiger charge is -2.12. The van der Waals surface area contributed by atoms with E-state index in [9.17, 15) is 4.79 Å². The first-order valence-electron chi connectivity index (χ1n) is 5.56. The smallest absolute Gasteiger partial charge is 0.335 e. The number of aromatic nitrogens is 1. The lowest BCUT2D eigenvalue weighted by molar-refractivity contribution is 0.0697. The number of hydrogen-bond acceptors (Lipinski definition) is 4. The molecule has 0 radical (unpaired) electrons. The van der Waals surface area contributed by atoms with Crippen molar-refractivity contribution in [2.75, 3.05) is 0 Å². The van der Waals surface area contributed by atoms with Gasteiger partial charge < -0.3 is 5.11 Å². The highest BCUT2D eigenvalue weighted by atomic mass is 32.1. The third kappa shape index (κ3) is 3.19. The Morgan fingerprint density at radius 3 is 2.42 bits per heavy atom. The minimum absolute atomic E-state index is 0.244. The third-order valence-corrected chi connectivity index (χ3v) is 3.81. The molecule has 96 valence electrons. The van der Waals surface area contributed by atoms with E-state index in [2.05, 4.69) is 17.6 Å². The van der Waals surface area contributed by atoms with E-state index in [-0.39, 0.29) is 10.8 Å². The van der Waals surface area contributed by atoms with Crippen LogP contribution in [0.2, 0.25) is 0 Å². The minimum atomic E-state index is -0.949. The highest BCUT2D eigenvalue weighted by Crippen LogP contribution is 2.25. The van der Waals surface area contributed by atoms with Crippen molar-refractivity contribution in [2.24, 2.45) is 0 Å². The van der Waals surface area contributed by atoms with Gasteiger partial charge in [0.1, 0.15) is 0 Å². The standard InChI is InChI=1S/C14H11NO2S2/c16-14(17)10-6-4-9(5-7-10)12(18)13(19)11-3-1-2-8-15-11/h1-8,12,18H,(H,16,17). The molecule has 0 aliphatic rings. The van der Waals surface area contributed by atoms with Crippen molar-refractivity contribution < 1.29 is 9.90 Å². The molecule has 19 heavy (non-hydrogen) atoms. The van der Waals surface area contributed by atoms with Gasteiger partial charge in [0.05, 0.1) is 21.4 Å².